The zero-order chi connectivity index (χ0) is 18.7. The number of hydrogen-bond donors (Lipinski definition) is 3. The van der Waals surface area contributed by atoms with Crippen molar-refractivity contribution >= 4 is 45.4 Å². The van der Waals surface area contributed by atoms with Gasteiger partial charge in [0.1, 0.15) is 16.1 Å². The number of rotatable bonds is 5. The van der Waals surface area contributed by atoms with Gasteiger partial charge in [-0.2, -0.15) is 0 Å². The van der Waals surface area contributed by atoms with Crippen molar-refractivity contribution in [1.29, 1.82) is 0 Å². The van der Waals surface area contributed by atoms with E-state index < -0.39 is 11.9 Å². The summed E-state index contributed by atoms with van der Waals surface area (Å²) < 4.78 is 9.47. The average Bonchev–Trinajstić information content (AvgIpc) is 3.14. The standard InChI is InChI=1S/C18H16N2O5S/c1-24-17(22)12-9-10-5-3-4-6-11(10)14(15(12)21)20-19-13-7-8-26-16(13)18(23)25-2/h3-9,19-21H,1-2H3. The quantitative estimate of drug-likeness (QED) is 0.357. The summed E-state index contributed by atoms with van der Waals surface area (Å²) in [5.74, 6) is -1.37. The number of hydrogen-bond acceptors (Lipinski definition) is 8. The molecule has 3 N–H and O–H groups in total. The topological polar surface area (TPSA) is 96.9 Å². The van der Waals surface area contributed by atoms with Gasteiger partial charge in [-0.1, -0.05) is 24.3 Å². The van der Waals surface area contributed by atoms with Gasteiger partial charge in [0.15, 0.2) is 5.75 Å². The number of aromatic hydroxyl groups is 1. The highest BCUT2D eigenvalue weighted by Crippen LogP contribution is 2.37. The molecule has 3 rings (SSSR count). The highest BCUT2D eigenvalue weighted by atomic mass is 32.1. The summed E-state index contributed by atoms with van der Waals surface area (Å²) in [4.78, 5) is 24.1. The molecule has 8 heteroatoms. The lowest BCUT2D eigenvalue weighted by Crippen LogP contribution is -2.13. The Morgan fingerprint density at radius 2 is 1.77 bits per heavy atom. The number of phenolic OH excluding ortho intramolecular Hbond substituents is 1. The Labute approximate surface area is 153 Å². The molecule has 7 nitrogen and oxygen atoms in total. The molecule has 0 spiro atoms. The number of ether oxygens (including phenoxy) is 2. The maximum absolute atomic E-state index is 12.0. The van der Waals surface area contributed by atoms with Gasteiger partial charge in [0.2, 0.25) is 0 Å². The molecule has 3 aromatic rings. The van der Waals surface area contributed by atoms with Crippen LogP contribution in [-0.2, 0) is 9.47 Å². The van der Waals surface area contributed by atoms with Crippen molar-refractivity contribution in [2.75, 3.05) is 25.1 Å². The Hall–Kier alpha value is -3.26. The normalized spacial score (nSPS) is 10.4. The fraction of sp³-hybridized carbons (Fsp3) is 0.111. The molecule has 1 heterocycles. The summed E-state index contributed by atoms with van der Waals surface area (Å²) >= 11 is 1.22. The van der Waals surface area contributed by atoms with Gasteiger partial charge in [-0.25, -0.2) is 9.59 Å². The van der Waals surface area contributed by atoms with Gasteiger partial charge < -0.3 is 14.6 Å². The number of fused-ring (bicyclic) bond motifs is 1. The first-order valence-electron chi connectivity index (χ1n) is 7.57. The number of carbonyl (C=O) groups excluding carboxylic acids is 2. The number of methoxy groups -OCH3 is 2. The number of carbonyl (C=O) groups is 2. The molecule has 134 valence electrons. The minimum absolute atomic E-state index is 0.0361. The summed E-state index contributed by atoms with van der Waals surface area (Å²) in [6, 6.07) is 10.5. The number of esters is 2. The van der Waals surface area contributed by atoms with E-state index >= 15 is 0 Å². The van der Waals surface area contributed by atoms with Crippen LogP contribution in [0.5, 0.6) is 5.75 Å². The average molecular weight is 372 g/mol. The van der Waals surface area contributed by atoms with E-state index in [9.17, 15) is 14.7 Å². The molecule has 0 amide bonds. The lowest BCUT2D eigenvalue weighted by molar-refractivity contribution is 0.0592. The summed E-state index contributed by atoms with van der Waals surface area (Å²) in [5, 5.41) is 13.7. The van der Waals surface area contributed by atoms with Crippen LogP contribution in [0.1, 0.15) is 20.0 Å². The first-order valence-corrected chi connectivity index (χ1v) is 8.45. The number of thiophene rings is 1. The molecule has 0 unspecified atom stereocenters. The van der Waals surface area contributed by atoms with Crippen LogP contribution >= 0.6 is 11.3 Å². The summed E-state index contributed by atoms with van der Waals surface area (Å²) in [6.07, 6.45) is 0. The first kappa shape index (κ1) is 17.6. The maximum atomic E-state index is 12.0. The van der Waals surface area contributed by atoms with Gasteiger partial charge in [0.05, 0.1) is 19.9 Å². The van der Waals surface area contributed by atoms with Gasteiger partial charge in [-0.05, 0) is 22.9 Å². The predicted molar refractivity (Wildman–Crippen MR) is 99.9 cm³/mol. The lowest BCUT2D eigenvalue weighted by atomic mass is 10.0. The van der Waals surface area contributed by atoms with Crippen molar-refractivity contribution in [3.63, 3.8) is 0 Å². The second kappa shape index (κ2) is 7.32. The third kappa shape index (κ3) is 3.14. The molecule has 1 aromatic heterocycles. The maximum Gasteiger partial charge on any atom is 0.350 e. The van der Waals surface area contributed by atoms with Crippen LogP contribution in [0, 0.1) is 0 Å². The fourth-order valence-corrected chi connectivity index (χ4v) is 3.28. The number of phenols is 1. The molecule has 0 aliphatic carbocycles. The molecule has 0 saturated carbocycles. The second-order valence-corrected chi connectivity index (χ2v) is 6.18. The van der Waals surface area contributed by atoms with Crippen LogP contribution in [-0.4, -0.2) is 31.3 Å². The zero-order valence-corrected chi connectivity index (χ0v) is 14.8. The molecular weight excluding hydrogens is 356 g/mol. The van der Waals surface area contributed by atoms with Crippen LogP contribution in [0.3, 0.4) is 0 Å². The van der Waals surface area contributed by atoms with Crippen LogP contribution in [0.15, 0.2) is 41.8 Å². The molecule has 2 aromatic carbocycles. The monoisotopic (exact) mass is 372 g/mol. The Morgan fingerprint density at radius 3 is 2.50 bits per heavy atom. The third-order valence-electron chi connectivity index (χ3n) is 3.79. The highest BCUT2D eigenvalue weighted by Gasteiger charge is 2.19. The molecule has 26 heavy (non-hydrogen) atoms. The van der Waals surface area contributed by atoms with E-state index in [2.05, 4.69) is 10.9 Å². The summed E-state index contributed by atoms with van der Waals surface area (Å²) in [5.41, 5.74) is 6.60. The van der Waals surface area contributed by atoms with Gasteiger partial charge in [0.25, 0.3) is 0 Å². The van der Waals surface area contributed by atoms with E-state index in [1.54, 1.807) is 23.6 Å². The van der Waals surface area contributed by atoms with E-state index in [0.717, 1.165) is 5.39 Å². The van der Waals surface area contributed by atoms with E-state index in [0.29, 0.717) is 21.6 Å². The zero-order valence-electron chi connectivity index (χ0n) is 14.0. The van der Waals surface area contributed by atoms with Gasteiger partial charge in [-0.3, -0.25) is 10.9 Å². The molecule has 0 aliphatic rings. The van der Waals surface area contributed by atoms with Crippen LogP contribution in [0.4, 0.5) is 11.4 Å². The van der Waals surface area contributed by atoms with E-state index in [-0.39, 0.29) is 11.3 Å². The van der Waals surface area contributed by atoms with Crippen molar-refractivity contribution < 1.29 is 24.2 Å². The number of hydrazine groups is 1. The molecule has 0 radical (unpaired) electrons. The highest BCUT2D eigenvalue weighted by molar-refractivity contribution is 7.12. The molecule has 0 atom stereocenters. The predicted octanol–water partition coefficient (Wildman–Crippen LogP) is 3.62. The summed E-state index contributed by atoms with van der Waals surface area (Å²) in [6.45, 7) is 0. The van der Waals surface area contributed by atoms with Gasteiger partial charge in [0, 0.05) is 5.39 Å². The Balaban J connectivity index is 2.02. The van der Waals surface area contributed by atoms with Crippen molar-refractivity contribution in [2.45, 2.75) is 0 Å². The van der Waals surface area contributed by atoms with E-state index in [4.69, 9.17) is 9.47 Å². The Kier molecular flexibility index (Phi) is 4.94. The molecule has 0 saturated heterocycles. The number of benzene rings is 2. The Bertz CT molecular complexity index is 983. The van der Waals surface area contributed by atoms with Crippen LogP contribution < -0.4 is 10.9 Å². The van der Waals surface area contributed by atoms with Crippen molar-refractivity contribution in [3.8, 4) is 5.75 Å². The van der Waals surface area contributed by atoms with Crippen molar-refractivity contribution in [1.82, 2.24) is 0 Å². The number of anilines is 2. The van der Waals surface area contributed by atoms with Crippen molar-refractivity contribution in [2.24, 2.45) is 0 Å². The minimum Gasteiger partial charge on any atom is -0.505 e. The molecular formula is C18H16N2O5S. The van der Waals surface area contributed by atoms with Crippen LogP contribution in [0.25, 0.3) is 10.8 Å². The molecule has 0 aliphatic heterocycles. The van der Waals surface area contributed by atoms with Gasteiger partial charge in [-0.15, -0.1) is 11.3 Å². The largest absolute Gasteiger partial charge is 0.505 e. The SMILES string of the molecule is COC(=O)c1cc2ccccc2c(NNc2ccsc2C(=O)OC)c1O. The lowest BCUT2D eigenvalue weighted by Gasteiger charge is -2.16. The van der Waals surface area contributed by atoms with E-state index in [1.807, 2.05) is 18.2 Å². The third-order valence-corrected chi connectivity index (χ3v) is 4.68. The van der Waals surface area contributed by atoms with Crippen molar-refractivity contribution in [3.05, 3.63) is 52.2 Å². The first-order chi connectivity index (χ1) is 12.6. The number of nitrogens with one attached hydrogen (secondary N) is 2. The van der Waals surface area contributed by atoms with E-state index in [1.165, 1.54) is 25.6 Å². The Morgan fingerprint density at radius 1 is 1.04 bits per heavy atom. The minimum atomic E-state index is -0.651. The molecule has 0 bridgehead atoms. The fourth-order valence-electron chi connectivity index (χ4n) is 2.52. The smallest absolute Gasteiger partial charge is 0.350 e. The van der Waals surface area contributed by atoms with Gasteiger partial charge >= 0.3 is 11.9 Å². The second-order valence-electron chi connectivity index (χ2n) is 5.27. The molecule has 0 fully saturated rings. The van der Waals surface area contributed by atoms with Crippen LogP contribution in [0.2, 0.25) is 0 Å². The summed E-state index contributed by atoms with van der Waals surface area (Å²) in [7, 11) is 2.55.